The van der Waals surface area contributed by atoms with Crippen LogP contribution < -0.4 is 0 Å². The van der Waals surface area contributed by atoms with E-state index >= 15 is 0 Å². The molecule has 274 valence electrons. The van der Waals surface area contributed by atoms with Crippen LogP contribution in [0.3, 0.4) is 0 Å². The molecular weight excluding hydrogens is 600 g/mol. The molecule has 0 N–H and O–H groups in total. The van der Waals surface area contributed by atoms with Crippen molar-refractivity contribution in [2.24, 2.45) is 57.7 Å². The number of ether oxygens (including phenoxy) is 3. The van der Waals surface area contributed by atoms with E-state index in [4.69, 9.17) is 14.2 Å². The van der Waals surface area contributed by atoms with Crippen LogP contribution in [0, 0.1) is 57.7 Å². The van der Waals surface area contributed by atoms with E-state index in [0.717, 1.165) is 38.5 Å². The number of carbonyl (C=O) groups excluding carboxylic acids is 3. The quantitative estimate of drug-likeness (QED) is 0.0840. The molecule has 0 aromatic rings. The van der Waals surface area contributed by atoms with Gasteiger partial charge in [-0.15, -0.1) is 12.3 Å². The lowest BCUT2D eigenvalue weighted by Gasteiger charge is -2.50. The maximum absolute atomic E-state index is 11.6. The highest BCUT2D eigenvalue weighted by Gasteiger charge is 2.47. The third-order valence-electron chi connectivity index (χ3n) is 12.1. The number of hydrogen-bond acceptors (Lipinski definition) is 6. The third kappa shape index (κ3) is 11.2. The summed E-state index contributed by atoms with van der Waals surface area (Å²) in [6.07, 6.45) is 9.63. The van der Waals surface area contributed by atoms with Gasteiger partial charge >= 0.3 is 17.9 Å². The van der Waals surface area contributed by atoms with E-state index in [1.165, 1.54) is 11.1 Å². The maximum Gasteiger partial charge on any atom is 0.308 e. The molecule has 3 rings (SSSR count). The van der Waals surface area contributed by atoms with E-state index in [1.54, 1.807) is 0 Å². The Balaban J connectivity index is 0.000000361. The topological polar surface area (TPSA) is 78.9 Å². The smallest absolute Gasteiger partial charge is 0.308 e. The molecule has 0 spiro atoms. The summed E-state index contributed by atoms with van der Waals surface area (Å²) in [6.45, 7) is 36.4. The van der Waals surface area contributed by atoms with Gasteiger partial charge in [0.25, 0.3) is 0 Å². The lowest BCUT2D eigenvalue weighted by atomic mass is 9.55. The summed E-state index contributed by atoms with van der Waals surface area (Å²) in [4.78, 5) is 34.6. The Morgan fingerprint density at radius 3 is 1.44 bits per heavy atom. The lowest BCUT2D eigenvalue weighted by Crippen LogP contribution is -2.46. The molecule has 3 aliphatic rings. The molecule has 3 aliphatic carbocycles. The zero-order chi connectivity index (χ0) is 37.0. The number of carbonyl (C=O) groups is 3. The van der Waals surface area contributed by atoms with Crippen molar-refractivity contribution in [3.8, 4) is 0 Å². The van der Waals surface area contributed by atoms with Crippen LogP contribution in [0.4, 0.5) is 0 Å². The Morgan fingerprint density at radius 1 is 0.750 bits per heavy atom. The summed E-state index contributed by atoms with van der Waals surface area (Å²) in [5, 5.41) is 0. The Morgan fingerprint density at radius 2 is 1.15 bits per heavy atom. The summed E-state index contributed by atoms with van der Waals surface area (Å²) in [7, 11) is 0. The van der Waals surface area contributed by atoms with Gasteiger partial charge in [0.05, 0.1) is 37.6 Å². The minimum absolute atomic E-state index is 0.0174. The van der Waals surface area contributed by atoms with Gasteiger partial charge in [0.15, 0.2) is 0 Å². The van der Waals surface area contributed by atoms with Crippen LogP contribution in [0.25, 0.3) is 0 Å². The molecule has 0 amide bonds. The van der Waals surface area contributed by atoms with Gasteiger partial charge in [-0.25, -0.2) is 0 Å². The van der Waals surface area contributed by atoms with E-state index in [0.29, 0.717) is 43.5 Å². The second kappa shape index (κ2) is 19.0. The molecule has 0 aromatic carbocycles. The highest BCUT2D eigenvalue weighted by molar-refractivity contribution is 5.72. The first-order valence-electron chi connectivity index (χ1n) is 18.5. The maximum atomic E-state index is 11.6. The predicted molar refractivity (Wildman–Crippen MR) is 197 cm³/mol. The Bertz CT molecular complexity index is 1170. The van der Waals surface area contributed by atoms with Crippen molar-refractivity contribution in [1.29, 1.82) is 0 Å². The fraction of sp³-hybridized carbons (Fsp3) is 0.762. The van der Waals surface area contributed by atoms with Crippen molar-refractivity contribution in [2.75, 3.05) is 19.8 Å². The van der Waals surface area contributed by atoms with Crippen molar-refractivity contribution < 1.29 is 28.6 Å². The minimum atomic E-state index is -0.0641. The molecule has 7 atom stereocenters. The average molecular weight is 671 g/mol. The first kappa shape index (κ1) is 43.4. The van der Waals surface area contributed by atoms with Gasteiger partial charge in [0.2, 0.25) is 0 Å². The summed E-state index contributed by atoms with van der Waals surface area (Å²) in [5.74, 6) is 1.84. The van der Waals surface area contributed by atoms with Crippen molar-refractivity contribution in [2.45, 2.75) is 129 Å². The molecule has 0 aliphatic heterocycles. The molecule has 3 saturated carbocycles. The van der Waals surface area contributed by atoms with Gasteiger partial charge in [0.1, 0.15) is 0 Å². The molecule has 6 nitrogen and oxygen atoms in total. The SMILES string of the molecule is C=C1CC(COC(=O)C(C)CC)C1(C)C.C=CC1CC(COC(=O)C(C)CC)C1(C)C.CC=C=C1CC(COC(=O)C(C)CC)C1(C)C. The van der Waals surface area contributed by atoms with Crippen LogP contribution >= 0.6 is 0 Å². The van der Waals surface area contributed by atoms with Crippen LogP contribution in [0.5, 0.6) is 0 Å². The van der Waals surface area contributed by atoms with E-state index in [9.17, 15) is 14.4 Å². The van der Waals surface area contributed by atoms with Crippen molar-refractivity contribution in [1.82, 2.24) is 0 Å². The molecule has 7 unspecified atom stereocenters. The second-order valence-corrected chi connectivity index (χ2v) is 16.2. The van der Waals surface area contributed by atoms with Crippen LogP contribution in [-0.4, -0.2) is 37.7 Å². The zero-order valence-electron chi connectivity index (χ0n) is 32.9. The summed E-state index contributed by atoms with van der Waals surface area (Å²) in [5.41, 5.74) is 6.39. The second-order valence-electron chi connectivity index (χ2n) is 16.2. The average Bonchev–Trinajstić information content (AvgIpc) is 3.06. The van der Waals surface area contributed by atoms with E-state index < -0.39 is 0 Å². The molecule has 6 heteroatoms. The summed E-state index contributed by atoms with van der Waals surface area (Å²) in [6, 6.07) is 0. The van der Waals surface area contributed by atoms with Crippen LogP contribution in [0.1, 0.15) is 129 Å². The first-order valence-corrected chi connectivity index (χ1v) is 18.5. The molecule has 0 saturated heterocycles. The number of rotatable bonds is 13. The zero-order valence-corrected chi connectivity index (χ0v) is 32.9. The predicted octanol–water partition coefficient (Wildman–Crippen LogP) is 10.3. The lowest BCUT2D eigenvalue weighted by molar-refractivity contribution is -0.155. The molecule has 0 radical (unpaired) electrons. The number of hydrogen-bond donors (Lipinski definition) is 0. The van der Waals surface area contributed by atoms with E-state index in [-0.39, 0.29) is 51.9 Å². The number of esters is 3. The first-order chi connectivity index (χ1) is 22.2. The fourth-order valence-corrected chi connectivity index (χ4v) is 6.02. The Labute approximate surface area is 294 Å². The molecule has 0 heterocycles. The molecule has 48 heavy (non-hydrogen) atoms. The normalized spacial score (nSPS) is 25.9. The Kier molecular flexibility index (Phi) is 17.2. The highest BCUT2D eigenvalue weighted by atomic mass is 16.5. The summed E-state index contributed by atoms with van der Waals surface area (Å²) < 4.78 is 16.0. The number of allylic oxidation sites excluding steroid dienone is 3. The van der Waals surface area contributed by atoms with Gasteiger partial charge in [-0.1, -0.05) is 101 Å². The van der Waals surface area contributed by atoms with Crippen LogP contribution in [0.2, 0.25) is 0 Å². The van der Waals surface area contributed by atoms with Gasteiger partial charge in [-0.2, -0.15) is 0 Å². The van der Waals surface area contributed by atoms with Gasteiger partial charge in [-0.3, -0.25) is 14.4 Å². The van der Waals surface area contributed by atoms with Crippen molar-refractivity contribution in [3.63, 3.8) is 0 Å². The van der Waals surface area contributed by atoms with E-state index in [1.807, 2.05) is 60.6 Å². The Hall–Kier alpha value is -2.59. The monoisotopic (exact) mass is 671 g/mol. The van der Waals surface area contributed by atoms with Crippen LogP contribution in [-0.2, 0) is 28.6 Å². The highest BCUT2D eigenvalue weighted by Crippen LogP contribution is 2.52. The minimum Gasteiger partial charge on any atom is -0.465 e. The van der Waals surface area contributed by atoms with Gasteiger partial charge in [0, 0.05) is 11.8 Å². The third-order valence-corrected chi connectivity index (χ3v) is 12.1. The molecular formula is C42H70O6. The molecule has 0 aromatic heterocycles. The molecule has 0 bridgehead atoms. The summed E-state index contributed by atoms with van der Waals surface area (Å²) >= 11 is 0. The van der Waals surface area contributed by atoms with Crippen LogP contribution in [0.15, 0.2) is 42.2 Å². The standard InChI is InChI=1S/C15H24O2.C14H24O2.C13H22O2/c1-6-8-12-9-13(15(12,4)5)10-17-14(16)11(3)7-2;1-6-10(3)13(15)16-9-12-8-11(7-2)14(12,4)5;1-6-9(2)12(14)15-8-11-7-10(3)13(11,4)5/h6,11,13H,7,9-10H2,1-5H3;7,10-12H,2,6,8-9H2,1,3-5H3;9,11H,3,6-8H2,1-2,4-5H3. The molecule has 3 fully saturated rings. The van der Waals surface area contributed by atoms with Crippen molar-refractivity contribution in [3.05, 3.63) is 42.2 Å². The van der Waals surface area contributed by atoms with Crippen molar-refractivity contribution >= 4 is 17.9 Å². The largest absolute Gasteiger partial charge is 0.465 e. The van der Waals surface area contributed by atoms with Gasteiger partial charge in [-0.05, 0) is 85.2 Å². The van der Waals surface area contributed by atoms with E-state index in [2.05, 4.69) is 60.4 Å². The van der Waals surface area contributed by atoms with Gasteiger partial charge < -0.3 is 14.2 Å². The fourth-order valence-electron chi connectivity index (χ4n) is 6.02.